The van der Waals surface area contributed by atoms with Crippen LogP contribution in [0.2, 0.25) is 0 Å². The third kappa shape index (κ3) is 3.87. The molecule has 1 aromatic heterocycles. The highest BCUT2D eigenvalue weighted by molar-refractivity contribution is 5.99. The first kappa shape index (κ1) is 18.8. The number of carbonyl (C=O) groups excluding carboxylic acids is 2. The van der Waals surface area contributed by atoms with E-state index in [-0.39, 0.29) is 18.4 Å². The lowest BCUT2D eigenvalue weighted by Crippen LogP contribution is -2.42. The fraction of sp³-hybridized carbons (Fsp3) is 0.217. The first-order chi connectivity index (χ1) is 14.2. The van der Waals surface area contributed by atoms with E-state index in [2.05, 4.69) is 28.5 Å². The molecule has 29 heavy (non-hydrogen) atoms. The number of ether oxygens (including phenoxy) is 1. The molecule has 148 valence electrons. The molecule has 0 unspecified atom stereocenters. The molecule has 0 fully saturated rings. The van der Waals surface area contributed by atoms with Crippen LogP contribution in [0.5, 0.6) is 5.75 Å². The predicted octanol–water partition coefficient (Wildman–Crippen LogP) is 3.22. The number of amides is 2. The predicted molar refractivity (Wildman–Crippen MR) is 113 cm³/mol. The monoisotopic (exact) mass is 389 g/mol. The van der Waals surface area contributed by atoms with E-state index >= 15 is 0 Å². The Morgan fingerprint density at radius 1 is 1.14 bits per heavy atom. The summed E-state index contributed by atoms with van der Waals surface area (Å²) in [6, 6.07) is 15.2. The average molecular weight is 389 g/mol. The summed E-state index contributed by atoms with van der Waals surface area (Å²) in [6.45, 7) is 1.14. The molecule has 6 heteroatoms. The van der Waals surface area contributed by atoms with Gasteiger partial charge in [-0.1, -0.05) is 36.4 Å². The van der Waals surface area contributed by atoms with Crippen molar-refractivity contribution in [3.8, 4) is 5.75 Å². The van der Waals surface area contributed by atoms with Crippen LogP contribution in [0.1, 0.15) is 22.3 Å². The van der Waals surface area contributed by atoms with Gasteiger partial charge < -0.3 is 19.9 Å². The smallest absolute Gasteiger partial charge is 0.255 e. The van der Waals surface area contributed by atoms with E-state index in [0.29, 0.717) is 24.4 Å². The second-order valence-corrected chi connectivity index (χ2v) is 6.95. The number of H-pyrrole nitrogens is 1. The maximum absolute atomic E-state index is 12.5. The minimum absolute atomic E-state index is 0.0346. The van der Waals surface area contributed by atoms with Gasteiger partial charge in [0.05, 0.1) is 19.2 Å². The van der Waals surface area contributed by atoms with Crippen molar-refractivity contribution < 1.29 is 14.3 Å². The van der Waals surface area contributed by atoms with Crippen LogP contribution >= 0.6 is 0 Å². The molecule has 2 N–H and O–H groups in total. The van der Waals surface area contributed by atoms with E-state index in [1.165, 1.54) is 23.6 Å². The molecule has 0 atom stereocenters. The molecule has 0 bridgehead atoms. The van der Waals surface area contributed by atoms with Gasteiger partial charge in [-0.3, -0.25) is 9.59 Å². The molecular formula is C23H23N3O3. The van der Waals surface area contributed by atoms with Crippen LogP contribution < -0.4 is 10.1 Å². The van der Waals surface area contributed by atoms with E-state index < -0.39 is 0 Å². The van der Waals surface area contributed by atoms with Crippen molar-refractivity contribution in [1.29, 1.82) is 0 Å². The Morgan fingerprint density at radius 3 is 2.72 bits per heavy atom. The summed E-state index contributed by atoms with van der Waals surface area (Å²) in [6.07, 6.45) is 4.91. The van der Waals surface area contributed by atoms with Gasteiger partial charge in [0, 0.05) is 35.8 Å². The van der Waals surface area contributed by atoms with Gasteiger partial charge in [0.1, 0.15) is 5.75 Å². The highest BCUT2D eigenvalue weighted by Gasteiger charge is 2.20. The summed E-state index contributed by atoms with van der Waals surface area (Å²) in [5.41, 5.74) is 3.96. The Hall–Kier alpha value is -3.54. The van der Waals surface area contributed by atoms with E-state index in [4.69, 9.17) is 4.74 Å². The number of benzene rings is 2. The number of carbonyl (C=O) groups is 2. The molecule has 0 saturated heterocycles. The van der Waals surface area contributed by atoms with Crippen molar-refractivity contribution in [2.45, 2.75) is 6.42 Å². The lowest BCUT2D eigenvalue weighted by Gasteiger charge is -2.26. The van der Waals surface area contributed by atoms with Gasteiger partial charge in [-0.2, -0.15) is 0 Å². The van der Waals surface area contributed by atoms with Gasteiger partial charge in [-0.15, -0.1) is 0 Å². The fourth-order valence-corrected chi connectivity index (χ4v) is 3.67. The topological polar surface area (TPSA) is 74.4 Å². The second-order valence-electron chi connectivity index (χ2n) is 6.95. The Labute approximate surface area is 169 Å². The SMILES string of the molecule is COc1ccccc1C(=O)NCC(=O)N1CC=C(c2c[nH]c3ccccc23)CC1. The molecule has 2 aromatic carbocycles. The number of hydrogen-bond acceptors (Lipinski definition) is 3. The van der Waals surface area contributed by atoms with Crippen LogP contribution in [0.3, 0.4) is 0 Å². The Morgan fingerprint density at radius 2 is 1.93 bits per heavy atom. The summed E-state index contributed by atoms with van der Waals surface area (Å²) in [7, 11) is 1.52. The minimum Gasteiger partial charge on any atom is -0.496 e. The number of fused-ring (bicyclic) bond motifs is 1. The highest BCUT2D eigenvalue weighted by Crippen LogP contribution is 2.29. The average Bonchev–Trinajstić information content (AvgIpc) is 3.21. The second kappa shape index (κ2) is 8.22. The highest BCUT2D eigenvalue weighted by atomic mass is 16.5. The van der Waals surface area contributed by atoms with Crippen LogP contribution in [-0.2, 0) is 4.79 Å². The molecule has 1 aliphatic heterocycles. The van der Waals surface area contributed by atoms with Gasteiger partial charge in [0.25, 0.3) is 5.91 Å². The fourth-order valence-electron chi connectivity index (χ4n) is 3.67. The number of nitrogens with one attached hydrogen (secondary N) is 2. The normalized spacial score (nSPS) is 13.8. The summed E-state index contributed by atoms with van der Waals surface area (Å²) < 4.78 is 5.20. The minimum atomic E-state index is -0.317. The van der Waals surface area contributed by atoms with Gasteiger partial charge in [0.15, 0.2) is 0 Å². The summed E-state index contributed by atoms with van der Waals surface area (Å²) in [4.78, 5) is 30.0. The summed E-state index contributed by atoms with van der Waals surface area (Å²) in [5.74, 6) is 0.0760. The van der Waals surface area contributed by atoms with E-state index in [9.17, 15) is 9.59 Å². The Kier molecular flexibility index (Phi) is 5.33. The maximum atomic E-state index is 12.5. The lowest BCUT2D eigenvalue weighted by atomic mass is 9.99. The Balaban J connectivity index is 1.37. The number of aromatic nitrogens is 1. The zero-order valence-electron chi connectivity index (χ0n) is 16.3. The zero-order chi connectivity index (χ0) is 20.2. The van der Waals surface area contributed by atoms with Crippen LogP contribution in [0.25, 0.3) is 16.5 Å². The van der Waals surface area contributed by atoms with Crippen molar-refractivity contribution in [1.82, 2.24) is 15.2 Å². The molecule has 2 amide bonds. The van der Waals surface area contributed by atoms with Crippen molar-refractivity contribution in [3.05, 3.63) is 71.9 Å². The van der Waals surface area contributed by atoms with Gasteiger partial charge in [-0.05, 0) is 30.2 Å². The van der Waals surface area contributed by atoms with Crippen LogP contribution in [-0.4, -0.2) is 48.4 Å². The van der Waals surface area contributed by atoms with E-state index in [0.717, 1.165) is 11.9 Å². The number of nitrogens with zero attached hydrogens (tertiary/aromatic N) is 1. The number of aromatic amines is 1. The van der Waals surface area contributed by atoms with Crippen LogP contribution in [0, 0.1) is 0 Å². The third-order valence-electron chi connectivity index (χ3n) is 5.25. The first-order valence-electron chi connectivity index (χ1n) is 9.62. The molecule has 0 spiro atoms. The van der Waals surface area contributed by atoms with Crippen LogP contribution in [0.4, 0.5) is 0 Å². The molecular weight excluding hydrogens is 366 g/mol. The van der Waals surface area contributed by atoms with E-state index in [1.54, 1.807) is 29.2 Å². The van der Waals surface area contributed by atoms with E-state index in [1.807, 2.05) is 18.3 Å². The van der Waals surface area contributed by atoms with Crippen molar-refractivity contribution >= 4 is 28.3 Å². The molecule has 0 radical (unpaired) electrons. The van der Waals surface area contributed by atoms with Gasteiger partial charge in [-0.25, -0.2) is 0 Å². The van der Waals surface area contributed by atoms with Crippen LogP contribution in [0.15, 0.2) is 60.8 Å². The molecule has 0 saturated carbocycles. The molecule has 6 nitrogen and oxygen atoms in total. The summed E-state index contributed by atoms with van der Waals surface area (Å²) >= 11 is 0. The molecule has 0 aliphatic carbocycles. The van der Waals surface area contributed by atoms with Crippen molar-refractivity contribution in [2.75, 3.05) is 26.7 Å². The number of methoxy groups -OCH3 is 1. The molecule has 4 rings (SSSR count). The maximum Gasteiger partial charge on any atom is 0.255 e. The number of hydrogen-bond donors (Lipinski definition) is 2. The molecule has 3 aromatic rings. The number of para-hydroxylation sites is 2. The quantitative estimate of drug-likeness (QED) is 0.704. The zero-order valence-corrected chi connectivity index (χ0v) is 16.3. The standard InChI is InChI=1S/C23H23N3O3/c1-29-21-9-5-3-7-18(21)23(28)25-15-22(27)26-12-10-16(11-13-26)19-14-24-20-8-4-2-6-17(19)20/h2-10,14,24H,11-13,15H2,1H3,(H,25,28). The van der Waals surface area contributed by atoms with Gasteiger partial charge >= 0.3 is 0 Å². The third-order valence-corrected chi connectivity index (χ3v) is 5.25. The Bertz CT molecular complexity index is 1080. The summed E-state index contributed by atoms with van der Waals surface area (Å²) in [5, 5.41) is 3.89. The van der Waals surface area contributed by atoms with Gasteiger partial charge in [0.2, 0.25) is 5.91 Å². The van der Waals surface area contributed by atoms with Crippen molar-refractivity contribution in [2.24, 2.45) is 0 Å². The largest absolute Gasteiger partial charge is 0.496 e. The van der Waals surface area contributed by atoms with Crippen molar-refractivity contribution in [3.63, 3.8) is 0 Å². The number of rotatable bonds is 5. The molecule has 1 aliphatic rings. The lowest BCUT2D eigenvalue weighted by molar-refractivity contribution is -0.129. The molecule has 2 heterocycles. The first-order valence-corrected chi connectivity index (χ1v) is 9.62.